The summed E-state index contributed by atoms with van der Waals surface area (Å²) in [5, 5.41) is 8.67. The van der Waals surface area contributed by atoms with Crippen molar-refractivity contribution >= 4 is 17.7 Å². The van der Waals surface area contributed by atoms with E-state index >= 15 is 0 Å². The molecule has 0 aliphatic carbocycles. The van der Waals surface area contributed by atoms with Crippen molar-refractivity contribution in [2.24, 2.45) is 5.73 Å². The van der Waals surface area contributed by atoms with E-state index in [0.29, 0.717) is 17.1 Å². The second-order valence-corrected chi connectivity index (χ2v) is 4.31. The molecule has 0 saturated carbocycles. The lowest BCUT2D eigenvalue weighted by Crippen LogP contribution is -2.13. The monoisotopic (exact) mass is 290 g/mol. The van der Waals surface area contributed by atoms with Gasteiger partial charge in [0.1, 0.15) is 24.0 Å². The van der Waals surface area contributed by atoms with Crippen LogP contribution < -0.4 is 16.2 Å². The predicted molar refractivity (Wildman–Crippen MR) is 73.6 cm³/mol. The summed E-state index contributed by atoms with van der Waals surface area (Å²) in [6.45, 7) is 0.0791. The molecule has 6 N–H and O–H groups in total. The zero-order chi connectivity index (χ0) is 15.4. The zero-order valence-electron chi connectivity index (χ0n) is 11.0. The number of hydrogen-bond acceptors (Lipinski definition) is 5. The second-order valence-electron chi connectivity index (χ2n) is 4.31. The maximum absolute atomic E-state index is 11.0. The van der Waals surface area contributed by atoms with Crippen LogP contribution in [0.4, 0.5) is 5.82 Å². The Morgan fingerprint density at radius 1 is 1.29 bits per heavy atom. The maximum atomic E-state index is 11.0. The van der Waals surface area contributed by atoms with Crippen LogP contribution in [-0.2, 0) is 17.8 Å². The van der Waals surface area contributed by atoms with Gasteiger partial charge in [-0.15, -0.1) is 0 Å². The van der Waals surface area contributed by atoms with Gasteiger partial charge in [0, 0.05) is 0 Å². The SMILES string of the molecule is NC(=O)c1nc(COc2ccc(CC(=O)O)cc2)[nH]c1N. The van der Waals surface area contributed by atoms with E-state index in [4.69, 9.17) is 21.3 Å². The molecule has 0 saturated heterocycles. The molecule has 2 aromatic rings. The quantitative estimate of drug-likeness (QED) is 0.602. The zero-order valence-corrected chi connectivity index (χ0v) is 11.0. The Bertz CT molecular complexity index is 663. The number of carboxylic acid groups (broad SMARTS) is 1. The van der Waals surface area contributed by atoms with Gasteiger partial charge in [-0.2, -0.15) is 0 Å². The van der Waals surface area contributed by atoms with Crippen molar-refractivity contribution in [3.63, 3.8) is 0 Å². The van der Waals surface area contributed by atoms with Crippen LogP contribution in [0, 0.1) is 0 Å². The van der Waals surface area contributed by atoms with Crippen molar-refractivity contribution in [2.75, 3.05) is 5.73 Å². The number of primary amides is 1. The van der Waals surface area contributed by atoms with Crippen molar-refractivity contribution in [1.82, 2.24) is 9.97 Å². The lowest BCUT2D eigenvalue weighted by molar-refractivity contribution is -0.136. The second kappa shape index (κ2) is 5.95. The van der Waals surface area contributed by atoms with Crippen molar-refractivity contribution in [2.45, 2.75) is 13.0 Å². The number of rotatable bonds is 6. The Morgan fingerprint density at radius 3 is 2.48 bits per heavy atom. The summed E-state index contributed by atoms with van der Waals surface area (Å²) >= 11 is 0. The van der Waals surface area contributed by atoms with E-state index in [1.165, 1.54) is 0 Å². The molecule has 0 fully saturated rings. The van der Waals surface area contributed by atoms with Crippen molar-refractivity contribution < 1.29 is 19.4 Å². The largest absolute Gasteiger partial charge is 0.486 e. The number of aromatic nitrogens is 2. The topological polar surface area (TPSA) is 144 Å². The van der Waals surface area contributed by atoms with Gasteiger partial charge in [0.2, 0.25) is 0 Å². The van der Waals surface area contributed by atoms with E-state index in [1.807, 2.05) is 0 Å². The summed E-state index contributed by atoms with van der Waals surface area (Å²) in [6.07, 6.45) is -0.0447. The van der Waals surface area contributed by atoms with Gasteiger partial charge in [0.25, 0.3) is 5.91 Å². The van der Waals surface area contributed by atoms with Gasteiger partial charge >= 0.3 is 5.97 Å². The third-order valence-corrected chi connectivity index (χ3v) is 2.67. The molecule has 8 nitrogen and oxygen atoms in total. The minimum absolute atomic E-state index is 0.0228. The van der Waals surface area contributed by atoms with Gasteiger partial charge in [0.05, 0.1) is 6.42 Å². The first-order valence-electron chi connectivity index (χ1n) is 6.03. The van der Waals surface area contributed by atoms with Crippen molar-refractivity contribution in [3.8, 4) is 5.75 Å². The molecule has 21 heavy (non-hydrogen) atoms. The van der Waals surface area contributed by atoms with E-state index in [0.717, 1.165) is 0 Å². The summed E-state index contributed by atoms with van der Waals surface area (Å²) in [6, 6.07) is 6.63. The summed E-state index contributed by atoms with van der Waals surface area (Å²) in [5.41, 5.74) is 11.3. The first kappa shape index (κ1) is 14.4. The lowest BCUT2D eigenvalue weighted by Gasteiger charge is -2.04. The number of nitrogen functional groups attached to an aromatic ring is 1. The number of aromatic amines is 1. The van der Waals surface area contributed by atoms with Gasteiger partial charge in [-0.1, -0.05) is 12.1 Å². The molecule has 8 heteroatoms. The minimum atomic E-state index is -0.895. The first-order chi connectivity index (χ1) is 9.95. The molecule has 0 bridgehead atoms. The fraction of sp³-hybridized carbons (Fsp3) is 0.154. The molecule has 1 aromatic heterocycles. The average Bonchev–Trinajstić information content (AvgIpc) is 2.79. The number of ether oxygens (including phenoxy) is 1. The Hall–Kier alpha value is -3.03. The van der Waals surface area contributed by atoms with Crippen molar-refractivity contribution in [3.05, 3.63) is 41.3 Å². The summed E-state index contributed by atoms with van der Waals surface area (Å²) in [4.78, 5) is 28.2. The van der Waals surface area contributed by atoms with E-state index in [2.05, 4.69) is 9.97 Å². The van der Waals surface area contributed by atoms with Gasteiger partial charge < -0.3 is 26.3 Å². The highest BCUT2D eigenvalue weighted by molar-refractivity contribution is 5.95. The molecule has 0 aliphatic heterocycles. The average molecular weight is 290 g/mol. The molecule has 0 atom stereocenters. The third kappa shape index (κ3) is 3.72. The number of anilines is 1. The Morgan fingerprint density at radius 2 is 1.95 bits per heavy atom. The number of aliphatic carboxylic acids is 1. The van der Waals surface area contributed by atoms with Crippen LogP contribution in [0.1, 0.15) is 21.9 Å². The summed E-state index contributed by atoms with van der Waals surface area (Å²) < 4.78 is 5.45. The fourth-order valence-electron chi connectivity index (χ4n) is 1.72. The van der Waals surface area contributed by atoms with Crippen molar-refractivity contribution in [1.29, 1.82) is 0 Å². The van der Waals surface area contributed by atoms with Gasteiger partial charge in [-0.25, -0.2) is 4.98 Å². The standard InChI is InChI=1S/C13H14N4O4/c14-12-11(13(15)20)16-9(17-12)6-21-8-3-1-7(2-4-8)5-10(18)19/h1-4H,5-6,14H2,(H2,15,20)(H,16,17)(H,18,19). The van der Waals surface area contributed by atoms with Crippen LogP contribution in [-0.4, -0.2) is 27.0 Å². The molecule has 1 heterocycles. The summed E-state index contributed by atoms with van der Waals surface area (Å²) in [7, 11) is 0. The highest BCUT2D eigenvalue weighted by Gasteiger charge is 2.12. The number of imidazole rings is 1. The van der Waals surface area contributed by atoms with Crippen LogP contribution in [0.2, 0.25) is 0 Å². The molecule has 0 spiro atoms. The maximum Gasteiger partial charge on any atom is 0.307 e. The van der Waals surface area contributed by atoms with Crippen LogP contribution in [0.3, 0.4) is 0 Å². The molecule has 1 aromatic carbocycles. The van der Waals surface area contributed by atoms with Crippen LogP contribution >= 0.6 is 0 Å². The molecule has 0 aliphatic rings. The number of H-pyrrole nitrogens is 1. The number of nitrogens with two attached hydrogens (primary N) is 2. The summed E-state index contributed by atoms with van der Waals surface area (Å²) in [5.74, 6) is -0.602. The first-order valence-corrected chi connectivity index (χ1v) is 6.03. The van der Waals surface area contributed by atoms with Gasteiger partial charge in [-0.05, 0) is 17.7 Å². The molecular weight excluding hydrogens is 276 g/mol. The van der Waals surface area contributed by atoms with Crippen LogP contribution in [0.25, 0.3) is 0 Å². The number of carbonyl (C=O) groups is 2. The molecule has 2 rings (SSSR count). The normalized spacial score (nSPS) is 10.3. The van der Waals surface area contributed by atoms with Crippen LogP contribution in [0.5, 0.6) is 5.75 Å². The number of benzene rings is 1. The van der Waals surface area contributed by atoms with Gasteiger partial charge in [-0.3, -0.25) is 9.59 Å². The Kier molecular flexibility index (Phi) is 4.07. The number of nitrogens with one attached hydrogen (secondary N) is 1. The highest BCUT2D eigenvalue weighted by Crippen LogP contribution is 2.15. The van der Waals surface area contributed by atoms with E-state index < -0.39 is 11.9 Å². The van der Waals surface area contributed by atoms with E-state index in [9.17, 15) is 9.59 Å². The number of carbonyl (C=O) groups excluding carboxylic acids is 1. The fourth-order valence-corrected chi connectivity index (χ4v) is 1.72. The lowest BCUT2D eigenvalue weighted by atomic mass is 10.1. The number of amides is 1. The Balaban J connectivity index is 1.98. The molecule has 110 valence electrons. The predicted octanol–water partition coefficient (Wildman–Crippen LogP) is 0.297. The number of hydrogen-bond donors (Lipinski definition) is 4. The van der Waals surface area contributed by atoms with E-state index in [1.54, 1.807) is 24.3 Å². The molecular formula is C13H14N4O4. The Labute approximate surface area is 119 Å². The number of nitrogens with zero attached hydrogens (tertiary/aromatic N) is 1. The van der Waals surface area contributed by atoms with Gasteiger partial charge in [0.15, 0.2) is 5.69 Å². The third-order valence-electron chi connectivity index (χ3n) is 2.67. The number of carboxylic acids is 1. The molecule has 0 unspecified atom stereocenters. The van der Waals surface area contributed by atoms with Crippen LogP contribution in [0.15, 0.2) is 24.3 Å². The molecule has 0 radical (unpaired) electrons. The minimum Gasteiger partial charge on any atom is -0.486 e. The smallest absolute Gasteiger partial charge is 0.307 e. The molecule has 1 amide bonds. The van der Waals surface area contributed by atoms with E-state index in [-0.39, 0.29) is 24.5 Å². The highest BCUT2D eigenvalue weighted by atomic mass is 16.5.